The van der Waals surface area contributed by atoms with E-state index >= 15 is 0 Å². The van der Waals surface area contributed by atoms with Gasteiger partial charge in [-0.2, -0.15) is 0 Å². The monoisotopic (exact) mass is 472 g/mol. The van der Waals surface area contributed by atoms with Crippen molar-refractivity contribution in [2.75, 3.05) is 38.3 Å². The molecule has 0 unspecified atom stereocenters. The van der Waals surface area contributed by atoms with Gasteiger partial charge in [-0.3, -0.25) is 14.5 Å². The second-order valence-corrected chi connectivity index (χ2v) is 8.80. The lowest BCUT2D eigenvalue weighted by atomic mass is 10.1. The zero-order valence-corrected chi connectivity index (χ0v) is 20.0. The second-order valence-electron chi connectivity index (χ2n) is 8.80. The SMILES string of the molecule is COc1cc(N2C(=O)c3ccc(Oc4ccc(C)cc4)cc3C2=O)ccc1OCCN1CCCC1. The molecule has 1 fully saturated rings. The van der Waals surface area contributed by atoms with Crippen molar-refractivity contribution < 1.29 is 23.8 Å². The second kappa shape index (κ2) is 9.80. The first-order chi connectivity index (χ1) is 17.0. The quantitative estimate of drug-likeness (QED) is 0.427. The molecule has 0 atom stereocenters. The lowest BCUT2D eigenvalue weighted by molar-refractivity contribution is 0.0926. The van der Waals surface area contributed by atoms with Crippen LogP contribution in [0.1, 0.15) is 39.1 Å². The number of carbonyl (C=O) groups is 2. The number of benzene rings is 3. The molecule has 3 aromatic rings. The fraction of sp³-hybridized carbons (Fsp3) is 0.286. The van der Waals surface area contributed by atoms with Crippen LogP contribution in [0.25, 0.3) is 0 Å². The smallest absolute Gasteiger partial charge is 0.266 e. The van der Waals surface area contributed by atoms with Crippen molar-refractivity contribution in [2.45, 2.75) is 19.8 Å². The highest BCUT2D eigenvalue weighted by atomic mass is 16.5. The van der Waals surface area contributed by atoms with Crippen molar-refractivity contribution in [1.29, 1.82) is 0 Å². The molecule has 7 heteroatoms. The summed E-state index contributed by atoms with van der Waals surface area (Å²) < 4.78 is 17.3. The van der Waals surface area contributed by atoms with Gasteiger partial charge in [-0.1, -0.05) is 17.7 Å². The first-order valence-corrected chi connectivity index (χ1v) is 11.8. The molecule has 180 valence electrons. The molecule has 7 nitrogen and oxygen atoms in total. The first-order valence-electron chi connectivity index (χ1n) is 11.8. The van der Waals surface area contributed by atoms with Crippen LogP contribution in [0, 0.1) is 6.92 Å². The van der Waals surface area contributed by atoms with Crippen molar-refractivity contribution in [2.24, 2.45) is 0 Å². The molecule has 2 aliphatic rings. The maximum atomic E-state index is 13.2. The average Bonchev–Trinajstić information content (AvgIpc) is 3.47. The number of anilines is 1. The summed E-state index contributed by atoms with van der Waals surface area (Å²) in [6.07, 6.45) is 2.47. The first kappa shape index (κ1) is 22.9. The van der Waals surface area contributed by atoms with Crippen molar-refractivity contribution in [1.82, 2.24) is 4.90 Å². The van der Waals surface area contributed by atoms with Gasteiger partial charge in [0.15, 0.2) is 11.5 Å². The van der Waals surface area contributed by atoms with Gasteiger partial charge in [0.2, 0.25) is 0 Å². The number of carbonyl (C=O) groups excluding carboxylic acids is 2. The maximum Gasteiger partial charge on any atom is 0.266 e. The van der Waals surface area contributed by atoms with Crippen LogP contribution in [-0.4, -0.2) is 50.1 Å². The Morgan fingerprint density at radius 3 is 2.26 bits per heavy atom. The average molecular weight is 473 g/mol. The summed E-state index contributed by atoms with van der Waals surface area (Å²) in [6, 6.07) is 17.7. The zero-order valence-electron chi connectivity index (χ0n) is 20.0. The van der Waals surface area contributed by atoms with Crippen LogP contribution in [0.3, 0.4) is 0 Å². The summed E-state index contributed by atoms with van der Waals surface area (Å²) in [5.41, 5.74) is 2.21. The van der Waals surface area contributed by atoms with Gasteiger partial charge in [-0.15, -0.1) is 0 Å². The Morgan fingerprint density at radius 1 is 0.800 bits per heavy atom. The number of methoxy groups -OCH3 is 1. The normalized spacial score (nSPS) is 15.4. The number of hydrogen-bond acceptors (Lipinski definition) is 6. The number of fused-ring (bicyclic) bond motifs is 1. The standard InChI is InChI=1S/C28H28N2O5/c1-19-5-8-21(9-6-19)35-22-10-11-23-24(18-22)28(32)30(27(23)31)20-7-12-25(26(17-20)33-2)34-16-15-29-13-3-4-14-29/h5-12,17-18H,3-4,13-16H2,1-2H3. The van der Waals surface area contributed by atoms with Gasteiger partial charge in [0, 0.05) is 12.6 Å². The molecular formula is C28H28N2O5. The predicted octanol–water partition coefficient (Wildman–Crippen LogP) is 5.07. The minimum atomic E-state index is -0.399. The van der Waals surface area contributed by atoms with Crippen LogP contribution in [0.5, 0.6) is 23.0 Å². The molecule has 0 radical (unpaired) electrons. The Bertz CT molecular complexity index is 1250. The Hall–Kier alpha value is -3.84. The van der Waals surface area contributed by atoms with Gasteiger partial charge in [-0.25, -0.2) is 4.90 Å². The maximum absolute atomic E-state index is 13.2. The van der Waals surface area contributed by atoms with Gasteiger partial charge in [0.25, 0.3) is 11.8 Å². The molecule has 0 aliphatic carbocycles. The van der Waals surface area contributed by atoms with E-state index < -0.39 is 5.91 Å². The highest BCUT2D eigenvalue weighted by Gasteiger charge is 2.37. The highest BCUT2D eigenvalue weighted by molar-refractivity contribution is 6.34. The summed E-state index contributed by atoms with van der Waals surface area (Å²) in [5, 5.41) is 0. The number of ether oxygens (including phenoxy) is 3. The number of rotatable bonds is 8. The molecule has 1 saturated heterocycles. The van der Waals surface area contributed by atoms with E-state index in [-0.39, 0.29) is 5.91 Å². The Morgan fingerprint density at radius 2 is 1.51 bits per heavy atom. The molecule has 0 bridgehead atoms. The van der Waals surface area contributed by atoms with E-state index in [1.807, 2.05) is 31.2 Å². The summed E-state index contributed by atoms with van der Waals surface area (Å²) in [5.74, 6) is 1.44. The van der Waals surface area contributed by atoms with Gasteiger partial charge in [0.1, 0.15) is 18.1 Å². The molecule has 5 rings (SSSR count). The minimum absolute atomic E-state index is 0.310. The molecule has 0 saturated carbocycles. The molecule has 2 heterocycles. The Kier molecular flexibility index (Phi) is 6.42. The fourth-order valence-corrected chi connectivity index (χ4v) is 4.47. The van der Waals surface area contributed by atoms with E-state index in [0.29, 0.717) is 46.4 Å². The van der Waals surface area contributed by atoms with Crippen molar-refractivity contribution >= 4 is 17.5 Å². The molecule has 0 spiro atoms. The van der Waals surface area contributed by atoms with Gasteiger partial charge in [-0.05, 0) is 75.3 Å². The van der Waals surface area contributed by atoms with Gasteiger partial charge < -0.3 is 14.2 Å². The number of imide groups is 1. The van der Waals surface area contributed by atoms with Gasteiger partial charge in [0.05, 0.1) is 23.9 Å². The van der Waals surface area contributed by atoms with Crippen LogP contribution in [0.2, 0.25) is 0 Å². The van der Waals surface area contributed by atoms with Crippen molar-refractivity contribution in [3.05, 3.63) is 77.4 Å². The highest BCUT2D eigenvalue weighted by Crippen LogP contribution is 2.37. The molecular weight excluding hydrogens is 444 g/mol. The van der Waals surface area contributed by atoms with Crippen LogP contribution in [0.4, 0.5) is 5.69 Å². The lowest BCUT2D eigenvalue weighted by Gasteiger charge is -2.18. The molecule has 0 aromatic heterocycles. The van der Waals surface area contributed by atoms with Gasteiger partial charge >= 0.3 is 0 Å². The van der Waals surface area contributed by atoms with Crippen LogP contribution in [-0.2, 0) is 0 Å². The van der Waals surface area contributed by atoms with Crippen LogP contribution >= 0.6 is 0 Å². The molecule has 3 aromatic carbocycles. The number of amides is 2. The van der Waals surface area contributed by atoms with E-state index in [1.165, 1.54) is 12.8 Å². The summed E-state index contributed by atoms with van der Waals surface area (Å²) in [7, 11) is 1.55. The summed E-state index contributed by atoms with van der Waals surface area (Å²) in [6.45, 7) is 5.62. The molecule has 0 N–H and O–H groups in total. The third-order valence-corrected chi connectivity index (χ3v) is 6.38. The molecule has 2 amide bonds. The number of aryl methyl sites for hydroxylation is 1. The third kappa shape index (κ3) is 4.72. The molecule has 35 heavy (non-hydrogen) atoms. The Labute approximate surface area is 204 Å². The number of likely N-dealkylation sites (tertiary alicyclic amines) is 1. The number of hydrogen-bond donors (Lipinski definition) is 0. The van der Waals surface area contributed by atoms with Crippen LogP contribution < -0.4 is 19.1 Å². The zero-order chi connectivity index (χ0) is 24.4. The lowest BCUT2D eigenvalue weighted by Crippen LogP contribution is -2.29. The molecule has 2 aliphatic heterocycles. The van der Waals surface area contributed by atoms with Crippen molar-refractivity contribution in [3.63, 3.8) is 0 Å². The topological polar surface area (TPSA) is 68.3 Å². The van der Waals surface area contributed by atoms with Crippen molar-refractivity contribution in [3.8, 4) is 23.0 Å². The summed E-state index contributed by atoms with van der Waals surface area (Å²) >= 11 is 0. The van der Waals surface area contributed by atoms with E-state index in [4.69, 9.17) is 14.2 Å². The van der Waals surface area contributed by atoms with E-state index in [1.54, 1.807) is 43.5 Å². The van der Waals surface area contributed by atoms with E-state index in [0.717, 1.165) is 30.1 Å². The predicted molar refractivity (Wildman–Crippen MR) is 133 cm³/mol. The van der Waals surface area contributed by atoms with E-state index in [9.17, 15) is 9.59 Å². The largest absolute Gasteiger partial charge is 0.493 e. The van der Waals surface area contributed by atoms with Crippen LogP contribution in [0.15, 0.2) is 60.7 Å². The Balaban J connectivity index is 1.32. The third-order valence-electron chi connectivity index (χ3n) is 6.38. The number of nitrogens with zero attached hydrogens (tertiary/aromatic N) is 2. The fourth-order valence-electron chi connectivity index (χ4n) is 4.47. The minimum Gasteiger partial charge on any atom is -0.493 e. The van der Waals surface area contributed by atoms with E-state index in [2.05, 4.69) is 4.90 Å². The summed E-state index contributed by atoms with van der Waals surface area (Å²) in [4.78, 5) is 29.9.